The molecule has 0 saturated carbocycles. The number of nitrogens with one attached hydrogen (secondary N) is 1. The van der Waals surface area contributed by atoms with E-state index in [-0.39, 0.29) is 18.1 Å². The summed E-state index contributed by atoms with van der Waals surface area (Å²) in [6.45, 7) is 3.63. The molecule has 1 aromatic heterocycles. The van der Waals surface area contributed by atoms with Crippen LogP contribution in [0.1, 0.15) is 39.0 Å². The van der Waals surface area contributed by atoms with Crippen LogP contribution >= 0.6 is 0 Å². The summed E-state index contributed by atoms with van der Waals surface area (Å²) in [5, 5.41) is 10.9. The number of carbonyl (C=O) groups is 2. The lowest BCUT2D eigenvalue weighted by atomic mass is 10.1. The Morgan fingerprint density at radius 3 is 2.63 bits per heavy atom. The highest BCUT2D eigenvalue weighted by atomic mass is 16.5. The Kier molecular flexibility index (Phi) is 5.42. The molecule has 7 nitrogen and oxygen atoms in total. The molecule has 0 bridgehead atoms. The van der Waals surface area contributed by atoms with Crippen molar-refractivity contribution in [3.63, 3.8) is 0 Å². The van der Waals surface area contributed by atoms with E-state index in [9.17, 15) is 9.59 Å². The normalized spacial score (nSPS) is 10.6. The molecule has 2 aromatic carbocycles. The van der Waals surface area contributed by atoms with Crippen molar-refractivity contribution >= 4 is 17.4 Å². The molecule has 0 fully saturated rings. The number of ketones is 1. The van der Waals surface area contributed by atoms with E-state index in [0.717, 1.165) is 11.3 Å². The van der Waals surface area contributed by atoms with E-state index >= 15 is 0 Å². The summed E-state index contributed by atoms with van der Waals surface area (Å²) >= 11 is 0. The lowest BCUT2D eigenvalue weighted by molar-refractivity contribution is 0.100. The third-order valence-corrected chi connectivity index (χ3v) is 4.03. The predicted molar refractivity (Wildman–Crippen MR) is 101 cm³/mol. The van der Waals surface area contributed by atoms with E-state index in [4.69, 9.17) is 4.74 Å². The van der Waals surface area contributed by atoms with Gasteiger partial charge >= 0.3 is 0 Å². The average molecular weight is 364 g/mol. The second-order valence-electron chi connectivity index (χ2n) is 6.16. The molecule has 7 heteroatoms. The summed E-state index contributed by atoms with van der Waals surface area (Å²) in [4.78, 5) is 24.3. The zero-order chi connectivity index (χ0) is 19.4. The topological polar surface area (TPSA) is 86.1 Å². The Labute approximate surface area is 157 Å². The van der Waals surface area contributed by atoms with Crippen LogP contribution in [0.5, 0.6) is 0 Å². The molecule has 27 heavy (non-hydrogen) atoms. The number of Topliss-reactive ketones (excluding diaryl/α,β-unsaturated/α-hetero) is 1. The van der Waals surface area contributed by atoms with Crippen LogP contribution in [0.25, 0.3) is 5.69 Å². The molecule has 0 saturated heterocycles. The zero-order valence-electron chi connectivity index (χ0n) is 15.4. The first kappa shape index (κ1) is 18.5. The fourth-order valence-corrected chi connectivity index (χ4v) is 2.72. The van der Waals surface area contributed by atoms with Crippen molar-refractivity contribution in [3.05, 3.63) is 71.0 Å². The molecule has 0 aliphatic heterocycles. The van der Waals surface area contributed by atoms with Gasteiger partial charge in [-0.1, -0.05) is 29.5 Å². The van der Waals surface area contributed by atoms with E-state index in [1.54, 1.807) is 36.1 Å². The Morgan fingerprint density at radius 1 is 1.15 bits per heavy atom. The van der Waals surface area contributed by atoms with Crippen LogP contribution in [-0.4, -0.2) is 33.8 Å². The monoisotopic (exact) mass is 364 g/mol. The SMILES string of the molecule is COCc1c(C(=O)Nc2cccc(C(C)=O)c2)nnn1-c1cccc(C)c1. The van der Waals surface area contributed by atoms with Gasteiger partial charge in [-0.3, -0.25) is 9.59 Å². The molecule has 0 spiro atoms. The Morgan fingerprint density at radius 2 is 1.93 bits per heavy atom. The lowest BCUT2D eigenvalue weighted by Crippen LogP contribution is -2.16. The van der Waals surface area contributed by atoms with Crippen LogP contribution in [0.2, 0.25) is 0 Å². The Hall–Kier alpha value is -3.32. The van der Waals surface area contributed by atoms with Gasteiger partial charge in [-0.05, 0) is 43.7 Å². The van der Waals surface area contributed by atoms with Gasteiger partial charge in [0, 0.05) is 18.4 Å². The highest BCUT2D eigenvalue weighted by Crippen LogP contribution is 2.18. The number of aromatic nitrogens is 3. The van der Waals surface area contributed by atoms with Crippen LogP contribution in [0, 0.1) is 6.92 Å². The fraction of sp³-hybridized carbons (Fsp3) is 0.200. The summed E-state index contributed by atoms with van der Waals surface area (Å²) in [6.07, 6.45) is 0. The molecular weight excluding hydrogens is 344 g/mol. The number of carbonyl (C=O) groups excluding carboxylic acids is 2. The van der Waals surface area contributed by atoms with Crippen LogP contribution in [0.3, 0.4) is 0 Å². The molecule has 0 aliphatic carbocycles. The Balaban J connectivity index is 1.93. The van der Waals surface area contributed by atoms with E-state index in [1.807, 2.05) is 31.2 Å². The predicted octanol–water partition coefficient (Wildman–Crippen LogP) is 3.18. The average Bonchev–Trinajstić information content (AvgIpc) is 3.06. The van der Waals surface area contributed by atoms with E-state index in [2.05, 4.69) is 15.6 Å². The van der Waals surface area contributed by atoms with Crippen molar-refractivity contribution in [2.24, 2.45) is 0 Å². The fourth-order valence-electron chi connectivity index (χ4n) is 2.72. The summed E-state index contributed by atoms with van der Waals surface area (Å²) < 4.78 is 6.84. The van der Waals surface area contributed by atoms with Gasteiger partial charge in [0.05, 0.1) is 12.3 Å². The molecule has 1 N–H and O–H groups in total. The first-order chi connectivity index (χ1) is 13.0. The zero-order valence-corrected chi connectivity index (χ0v) is 15.4. The second-order valence-corrected chi connectivity index (χ2v) is 6.16. The number of anilines is 1. The number of aryl methyl sites for hydroxylation is 1. The first-order valence-corrected chi connectivity index (χ1v) is 8.42. The minimum absolute atomic E-state index is 0.0726. The summed E-state index contributed by atoms with van der Waals surface area (Å²) in [7, 11) is 1.55. The van der Waals surface area contributed by atoms with Crippen LogP contribution < -0.4 is 5.32 Å². The molecule has 0 unspecified atom stereocenters. The van der Waals surface area contributed by atoms with Crippen molar-refractivity contribution in [3.8, 4) is 5.69 Å². The number of amides is 1. The van der Waals surface area contributed by atoms with E-state index in [1.165, 1.54) is 6.92 Å². The molecule has 0 radical (unpaired) electrons. The highest BCUT2D eigenvalue weighted by Gasteiger charge is 2.21. The molecule has 1 amide bonds. The number of hydrogen-bond donors (Lipinski definition) is 1. The Bertz CT molecular complexity index is 994. The molecule has 1 heterocycles. The number of hydrogen-bond acceptors (Lipinski definition) is 5. The molecule has 3 rings (SSSR count). The number of methoxy groups -OCH3 is 1. The molecule has 138 valence electrons. The molecule has 0 aliphatic rings. The lowest BCUT2D eigenvalue weighted by Gasteiger charge is -2.09. The van der Waals surface area contributed by atoms with Crippen molar-refractivity contribution in [2.75, 3.05) is 12.4 Å². The third-order valence-electron chi connectivity index (χ3n) is 4.03. The van der Waals surface area contributed by atoms with Crippen LogP contribution in [0.4, 0.5) is 5.69 Å². The minimum atomic E-state index is -0.415. The molecular formula is C20H20N4O3. The second kappa shape index (κ2) is 7.92. The minimum Gasteiger partial charge on any atom is -0.378 e. The van der Waals surface area contributed by atoms with Gasteiger partial charge in [0.1, 0.15) is 5.69 Å². The third kappa shape index (κ3) is 4.09. The van der Waals surface area contributed by atoms with Crippen molar-refractivity contribution in [2.45, 2.75) is 20.5 Å². The first-order valence-electron chi connectivity index (χ1n) is 8.42. The van der Waals surface area contributed by atoms with E-state index in [0.29, 0.717) is 16.9 Å². The van der Waals surface area contributed by atoms with Gasteiger partial charge in [-0.15, -0.1) is 5.10 Å². The standard InChI is InChI=1S/C20H20N4O3/c1-13-6-4-9-17(10-13)24-18(12-27-3)19(22-23-24)20(26)21-16-8-5-7-15(11-16)14(2)25/h4-11H,12H2,1-3H3,(H,21,26). The number of rotatable bonds is 6. The maximum atomic E-state index is 12.7. The molecule has 3 aromatic rings. The maximum absolute atomic E-state index is 12.7. The van der Waals surface area contributed by atoms with Gasteiger partial charge in [0.25, 0.3) is 5.91 Å². The summed E-state index contributed by atoms with van der Waals surface area (Å²) in [5.74, 6) is -0.488. The van der Waals surface area contributed by atoms with Crippen LogP contribution in [0.15, 0.2) is 48.5 Å². The largest absolute Gasteiger partial charge is 0.378 e. The smallest absolute Gasteiger partial charge is 0.278 e. The number of nitrogens with zero attached hydrogens (tertiary/aromatic N) is 3. The van der Waals surface area contributed by atoms with E-state index < -0.39 is 5.91 Å². The summed E-state index contributed by atoms with van der Waals surface area (Å²) in [6, 6.07) is 14.5. The van der Waals surface area contributed by atoms with Gasteiger partial charge in [0.15, 0.2) is 11.5 Å². The quantitative estimate of drug-likeness (QED) is 0.679. The maximum Gasteiger partial charge on any atom is 0.278 e. The number of benzene rings is 2. The van der Waals surface area contributed by atoms with Gasteiger partial charge in [-0.25, -0.2) is 4.68 Å². The van der Waals surface area contributed by atoms with Gasteiger partial charge in [-0.2, -0.15) is 0 Å². The van der Waals surface area contributed by atoms with Gasteiger partial charge in [0.2, 0.25) is 0 Å². The van der Waals surface area contributed by atoms with Crippen LogP contribution in [-0.2, 0) is 11.3 Å². The van der Waals surface area contributed by atoms with Crippen molar-refractivity contribution in [1.82, 2.24) is 15.0 Å². The van der Waals surface area contributed by atoms with Crippen molar-refractivity contribution < 1.29 is 14.3 Å². The summed E-state index contributed by atoms with van der Waals surface area (Å²) in [5.41, 5.74) is 3.62. The van der Waals surface area contributed by atoms with Crippen molar-refractivity contribution in [1.29, 1.82) is 0 Å². The van der Waals surface area contributed by atoms with Gasteiger partial charge < -0.3 is 10.1 Å². The highest BCUT2D eigenvalue weighted by molar-refractivity contribution is 6.04. The molecule has 0 atom stereocenters. The number of ether oxygens (including phenoxy) is 1.